The van der Waals surface area contributed by atoms with Crippen LogP contribution >= 0.6 is 23.2 Å². The number of hydrogen-bond donors (Lipinski definition) is 2. The Kier molecular flexibility index (Phi) is 5.58. The fourth-order valence-corrected chi connectivity index (χ4v) is 3.08. The molecule has 7 nitrogen and oxygen atoms in total. The van der Waals surface area contributed by atoms with Crippen molar-refractivity contribution >= 4 is 52.7 Å². The van der Waals surface area contributed by atoms with Crippen molar-refractivity contribution < 1.29 is 24.2 Å². The van der Waals surface area contributed by atoms with Crippen LogP contribution in [-0.4, -0.2) is 29.0 Å². The van der Waals surface area contributed by atoms with Crippen molar-refractivity contribution in [2.75, 3.05) is 5.01 Å². The molecule has 1 atom stereocenters. The van der Waals surface area contributed by atoms with Gasteiger partial charge in [0.15, 0.2) is 11.9 Å². The first-order valence-corrected chi connectivity index (χ1v) is 8.84. The van der Waals surface area contributed by atoms with Crippen molar-refractivity contribution in [3.05, 3.63) is 63.6 Å². The van der Waals surface area contributed by atoms with E-state index in [9.17, 15) is 14.4 Å². The number of ether oxygens (including phenoxy) is 1. The summed E-state index contributed by atoms with van der Waals surface area (Å²) in [6, 6.07) is 11.5. The van der Waals surface area contributed by atoms with E-state index >= 15 is 0 Å². The van der Waals surface area contributed by atoms with Gasteiger partial charge < -0.3 is 9.84 Å². The monoisotopic (exact) mass is 420 g/mol. The molecule has 3 rings (SSSR count). The molecule has 0 aliphatic carbocycles. The summed E-state index contributed by atoms with van der Waals surface area (Å²) in [6.45, 7) is 1.34. The molecule has 2 N–H and O–H groups in total. The normalized spacial score (nSPS) is 16.2. The average molecular weight is 421 g/mol. The lowest BCUT2D eigenvalue weighted by Crippen LogP contribution is -2.35. The van der Waals surface area contributed by atoms with Crippen LogP contribution in [0.2, 0.25) is 10.0 Å². The zero-order valence-electron chi connectivity index (χ0n) is 14.5. The Hall–Kier alpha value is -3.03. The number of nitrogens with zero attached hydrogens (tertiary/aromatic N) is 1. The molecule has 1 fully saturated rings. The number of amides is 2. The number of para-hydroxylation sites is 1. The molecule has 2 amide bonds. The number of benzene rings is 2. The first-order chi connectivity index (χ1) is 13.3. The maximum atomic E-state index is 12.6. The number of carbonyl (C=O) groups excluding carboxylic acids is 2. The number of hydrogen-bond acceptors (Lipinski definition) is 4. The number of nitrogens with one attached hydrogen (secondary N) is 1. The average Bonchev–Trinajstić information content (AvgIpc) is 2.93. The molecule has 0 bridgehead atoms. The summed E-state index contributed by atoms with van der Waals surface area (Å²) in [5.74, 6) is -2.26. The van der Waals surface area contributed by atoms with Gasteiger partial charge in [-0.3, -0.25) is 15.0 Å². The predicted molar refractivity (Wildman–Crippen MR) is 104 cm³/mol. The third-order valence-electron chi connectivity index (χ3n) is 3.88. The fraction of sp³-hybridized carbons (Fsp3) is 0.105. The first kappa shape index (κ1) is 19.7. The lowest BCUT2D eigenvalue weighted by atomic mass is 10.1. The van der Waals surface area contributed by atoms with Crippen LogP contribution in [0.3, 0.4) is 0 Å². The summed E-state index contributed by atoms with van der Waals surface area (Å²) in [6.07, 6.45) is 0.198. The van der Waals surface area contributed by atoms with Crippen LogP contribution in [0.15, 0.2) is 48.0 Å². The molecular weight excluding hydrogens is 407 g/mol. The van der Waals surface area contributed by atoms with Gasteiger partial charge in [0.2, 0.25) is 0 Å². The minimum absolute atomic E-state index is 0.00787. The molecule has 0 radical (unpaired) electrons. The smallest absolute Gasteiger partial charge is 0.344 e. The quantitative estimate of drug-likeness (QED) is 0.571. The fourth-order valence-electron chi connectivity index (χ4n) is 2.49. The second kappa shape index (κ2) is 7.92. The molecule has 1 aliphatic rings. The van der Waals surface area contributed by atoms with Crippen LogP contribution in [-0.2, 0) is 14.4 Å². The van der Waals surface area contributed by atoms with Crippen LogP contribution < -0.4 is 15.2 Å². The standard InChI is InChI=1S/C19H14Cl2N2O5/c1-10(19(26)27)28-16-14(20)8-11(9-15(16)21)7-13-17(24)22-23(18(13)25)12-5-3-2-4-6-12/h2-10H,1H3,(H,22,24)(H,26,27)/b13-7-/t10-/m1/s1. The Morgan fingerprint density at radius 3 is 2.36 bits per heavy atom. The molecule has 2 aromatic rings. The van der Waals surface area contributed by atoms with Crippen molar-refractivity contribution in [3.63, 3.8) is 0 Å². The summed E-state index contributed by atoms with van der Waals surface area (Å²) in [7, 11) is 0. The van der Waals surface area contributed by atoms with Crippen LogP contribution in [0.25, 0.3) is 6.08 Å². The first-order valence-electron chi connectivity index (χ1n) is 8.08. The maximum absolute atomic E-state index is 12.6. The van der Waals surface area contributed by atoms with Crippen LogP contribution in [0.1, 0.15) is 12.5 Å². The molecule has 1 aliphatic heterocycles. The highest BCUT2D eigenvalue weighted by molar-refractivity contribution is 6.37. The van der Waals surface area contributed by atoms with E-state index in [0.717, 1.165) is 5.01 Å². The highest BCUT2D eigenvalue weighted by Gasteiger charge is 2.34. The lowest BCUT2D eigenvalue weighted by molar-refractivity contribution is -0.144. The SMILES string of the molecule is C[C@@H](Oc1c(Cl)cc(/C=C2/C(=O)NN(c3ccccc3)C2=O)cc1Cl)C(=O)O. The van der Waals surface area contributed by atoms with Crippen LogP contribution in [0.4, 0.5) is 5.69 Å². The molecule has 0 aromatic heterocycles. The summed E-state index contributed by atoms with van der Waals surface area (Å²) in [5.41, 5.74) is 3.30. The second-order valence-corrected chi connectivity index (χ2v) is 6.70. The van der Waals surface area contributed by atoms with Gasteiger partial charge in [-0.05, 0) is 42.8 Å². The summed E-state index contributed by atoms with van der Waals surface area (Å²) in [5, 5.41) is 10.2. The molecule has 0 saturated carbocycles. The number of aliphatic carboxylic acids is 1. The van der Waals surface area contributed by atoms with Crippen molar-refractivity contribution in [1.29, 1.82) is 0 Å². The number of carbonyl (C=O) groups is 3. The molecule has 1 heterocycles. The molecule has 1 saturated heterocycles. The third kappa shape index (κ3) is 3.95. The number of carboxylic acid groups (broad SMARTS) is 1. The Labute approximate surface area is 170 Å². The maximum Gasteiger partial charge on any atom is 0.344 e. The largest absolute Gasteiger partial charge is 0.479 e. The van der Waals surface area contributed by atoms with Gasteiger partial charge in [0, 0.05) is 0 Å². The summed E-state index contributed by atoms with van der Waals surface area (Å²) in [4.78, 5) is 35.8. The van der Waals surface area contributed by atoms with E-state index in [2.05, 4.69) is 5.43 Å². The van der Waals surface area contributed by atoms with Crippen LogP contribution in [0.5, 0.6) is 5.75 Å². The summed E-state index contributed by atoms with van der Waals surface area (Å²) < 4.78 is 5.24. The molecule has 0 spiro atoms. The topological polar surface area (TPSA) is 95.9 Å². The van der Waals surface area contributed by atoms with Crippen molar-refractivity contribution in [3.8, 4) is 5.75 Å². The highest BCUT2D eigenvalue weighted by atomic mass is 35.5. The number of carboxylic acids is 1. The number of anilines is 1. The van der Waals surface area contributed by atoms with E-state index in [-0.39, 0.29) is 21.4 Å². The van der Waals surface area contributed by atoms with Gasteiger partial charge in [0.25, 0.3) is 11.8 Å². The van der Waals surface area contributed by atoms with E-state index in [4.69, 9.17) is 33.0 Å². The van der Waals surface area contributed by atoms with Gasteiger partial charge in [-0.2, -0.15) is 0 Å². The van der Waals surface area contributed by atoms with Crippen LogP contribution in [0, 0.1) is 0 Å². The number of halogens is 2. The van der Waals surface area contributed by atoms with Crippen molar-refractivity contribution in [2.45, 2.75) is 13.0 Å². The van der Waals surface area contributed by atoms with E-state index in [1.807, 2.05) is 0 Å². The number of hydrazine groups is 1. The molecule has 0 unspecified atom stereocenters. The molecular formula is C19H14Cl2N2O5. The lowest BCUT2D eigenvalue weighted by Gasteiger charge is -2.14. The van der Waals surface area contributed by atoms with Gasteiger partial charge in [-0.15, -0.1) is 0 Å². The van der Waals surface area contributed by atoms with Gasteiger partial charge in [0.05, 0.1) is 15.7 Å². The molecule has 144 valence electrons. The van der Waals surface area contributed by atoms with Crippen molar-refractivity contribution in [1.82, 2.24) is 5.43 Å². The molecule has 2 aromatic carbocycles. The Morgan fingerprint density at radius 1 is 1.18 bits per heavy atom. The molecule has 28 heavy (non-hydrogen) atoms. The van der Waals surface area contributed by atoms with Gasteiger partial charge in [0.1, 0.15) is 5.57 Å². The van der Waals surface area contributed by atoms with E-state index in [0.29, 0.717) is 11.3 Å². The Morgan fingerprint density at radius 2 is 1.79 bits per heavy atom. The molecule has 9 heteroatoms. The Balaban J connectivity index is 1.90. The zero-order valence-corrected chi connectivity index (χ0v) is 16.0. The predicted octanol–water partition coefficient (Wildman–Crippen LogP) is 3.31. The van der Waals surface area contributed by atoms with E-state index in [1.165, 1.54) is 25.1 Å². The summed E-state index contributed by atoms with van der Waals surface area (Å²) >= 11 is 12.3. The number of rotatable bonds is 5. The van der Waals surface area contributed by atoms with Gasteiger partial charge in [-0.1, -0.05) is 41.4 Å². The van der Waals surface area contributed by atoms with E-state index < -0.39 is 23.9 Å². The zero-order chi connectivity index (χ0) is 20.4. The minimum atomic E-state index is -1.17. The third-order valence-corrected chi connectivity index (χ3v) is 4.44. The second-order valence-electron chi connectivity index (χ2n) is 5.89. The minimum Gasteiger partial charge on any atom is -0.479 e. The van der Waals surface area contributed by atoms with Crippen molar-refractivity contribution in [2.24, 2.45) is 0 Å². The van der Waals surface area contributed by atoms with E-state index in [1.54, 1.807) is 30.3 Å². The highest BCUT2D eigenvalue weighted by Crippen LogP contribution is 2.36. The van der Waals surface area contributed by atoms with Gasteiger partial charge in [-0.25, -0.2) is 9.80 Å². The van der Waals surface area contributed by atoms with Gasteiger partial charge >= 0.3 is 5.97 Å². The Bertz CT molecular complexity index is 968.